The summed E-state index contributed by atoms with van der Waals surface area (Å²) in [4.78, 5) is 19.3. The molecule has 0 fully saturated rings. The lowest BCUT2D eigenvalue weighted by Gasteiger charge is -2.00. The molecule has 0 radical (unpaired) electrons. The van der Waals surface area contributed by atoms with Crippen LogP contribution in [0.4, 0.5) is 0 Å². The van der Waals surface area contributed by atoms with Crippen LogP contribution in [0.1, 0.15) is 11.3 Å². The Morgan fingerprint density at radius 3 is 2.83 bits per heavy atom. The van der Waals surface area contributed by atoms with E-state index in [9.17, 15) is 9.90 Å². The largest absolute Gasteiger partial charge is 0.507 e. The second-order valence-electron chi connectivity index (χ2n) is 5.13. The Labute approximate surface area is 130 Å². The normalized spacial score (nSPS) is 12.1. The molecule has 0 aliphatic heterocycles. The van der Waals surface area contributed by atoms with Crippen molar-refractivity contribution in [3.05, 3.63) is 76.4 Å². The van der Waals surface area contributed by atoms with Gasteiger partial charge >= 0.3 is 5.63 Å². The molecule has 0 saturated carbocycles. The van der Waals surface area contributed by atoms with Crippen LogP contribution in [-0.4, -0.2) is 15.1 Å². The van der Waals surface area contributed by atoms with E-state index in [1.165, 1.54) is 6.08 Å². The van der Waals surface area contributed by atoms with Crippen LogP contribution < -0.4 is 5.63 Å². The SMILES string of the molecule is O=c1oc2ccccc2nc1C=C(O)c1c[nH]c2ccccc12. The zero-order valence-electron chi connectivity index (χ0n) is 12.0. The summed E-state index contributed by atoms with van der Waals surface area (Å²) in [6.07, 6.45) is 3.02. The number of hydrogen-bond donors (Lipinski definition) is 2. The number of nitrogens with zero attached hydrogens (tertiary/aromatic N) is 1. The lowest BCUT2D eigenvalue weighted by atomic mass is 10.1. The van der Waals surface area contributed by atoms with E-state index in [0.29, 0.717) is 16.7 Å². The highest BCUT2D eigenvalue weighted by atomic mass is 16.4. The first-order valence-corrected chi connectivity index (χ1v) is 7.09. The maximum Gasteiger partial charge on any atom is 0.362 e. The molecule has 2 aromatic carbocycles. The summed E-state index contributed by atoms with van der Waals surface area (Å²) >= 11 is 0. The molecule has 4 rings (SSSR count). The topological polar surface area (TPSA) is 79.1 Å². The van der Waals surface area contributed by atoms with Crippen molar-refractivity contribution in [3.8, 4) is 0 Å². The highest BCUT2D eigenvalue weighted by Crippen LogP contribution is 2.24. The van der Waals surface area contributed by atoms with E-state index in [1.54, 1.807) is 24.4 Å². The van der Waals surface area contributed by atoms with Crippen LogP contribution in [0.15, 0.2) is 63.9 Å². The molecule has 112 valence electrons. The molecule has 0 saturated heterocycles. The van der Waals surface area contributed by atoms with Crippen LogP contribution >= 0.6 is 0 Å². The third kappa shape index (κ3) is 2.28. The first-order valence-electron chi connectivity index (χ1n) is 7.09. The molecule has 4 aromatic rings. The van der Waals surface area contributed by atoms with Gasteiger partial charge in [-0.3, -0.25) is 0 Å². The molecule has 0 aliphatic rings. The number of aliphatic hydroxyl groups is 1. The summed E-state index contributed by atoms with van der Waals surface area (Å²) in [5, 5.41) is 11.2. The smallest absolute Gasteiger partial charge is 0.362 e. The van der Waals surface area contributed by atoms with Gasteiger partial charge in [-0.05, 0) is 18.2 Å². The average molecular weight is 304 g/mol. The predicted molar refractivity (Wildman–Crippen MR) is 89.1 cm³/mol. The third-order valence-corrected chi connectivity index (χ3v) is 3.66. The number of hydrogen-bond acceptors (Lipinski definition) is 4. The number of fused-ring (bicyclic) bond motifs is 2. The van der Waals surface area contributed by atoms with Crippen molar-refractivity contribution < 1.29 is 9.52 Å². The summed E-state index contributed by atoms with van der Waals surface area (Å²) in [5.41, 5.74) is 1.96. The number of H-pyrrole nitrogens is 1. The monoisotopic (exact) mass is 304 g/mol. The maximum atomic E-state index is 12.0. The number of aliphatic hydroxyl groups excluding tert-OH is 1. The second kappa shape index (κ2) is 5.14. The van der Waals surface area contributed by atoms with E-state index in [4.69, 9.17) is 4.42 Å². The van der Waals surface area contributed by atoms with Gasteiger partial charge in [0.1, 0.15) is 11.3 Å². The first-order chi connectivity index (χ1) is 11.2. The van der Waals surface area contributed by atoms with Crippen LogP contribution in [0.2, 0.25) is 0 Å². The fourth-order valence-electron chi connectivity index (χ4n) is 2.55. The molecule has 5 nitrogen and oxygen atoms in total. The molecule has 5 heteroatoms. The number of benzene rings is 2. The Hall–Kier alpha value is -3.34. The van der Waals surface area contributed by atoms with Crippen molar-refractivity contribution >= 4 is 33.8 Å². The Kier molecular flexibility index (Phi) is 2.98. The highest BCUT2D eigenvalue weighted by Gasteiger charge is 2.10. The molecule has 23 heavy (non-hydrogen) atoms. The summed E-state index contributed by atoms with van der Waals surface area (Å²) < 4.78 is 5.22. The van der Waals surface area contributed by atoms with Gasteiger partial charge in [0.05, 0.1) is 0 Å². The van der Waals surface area contributed by atoms with Gasteiger partial charge in [-0.25, -0.2) is 9.78 Å². The molecule has 0 bridgehead atoms. The van der Waals surface area contributed by atoms with Gasteiger partial charge in [-0.15, -0.1) is 0 Å². The molecular weight excluding hydrogens is 292 g/mol. The molecule has 0 atom stereocenters. The van der Waals surface area contributed by atoms with Crippen molar-refractivity contribution in [2.75, 3.05) is 0 Å². The van der Waals surface area contributed by atoms with Crippen LogP contribution in [0.25, 0.3) is 33.8 Å². The summed E-state index contributed by atoms with van der Waals surface area (Å²) in [6.45, 7) is 0. The van der Waals surface area contributed by atoms with Crippen LogP contribution in [0.5, 0.6) is 0 Å². The van der Waals surface area contributed by atoms with Gasteiger partial charge in [-0.2, -0.15) is 0 Å². The average Bonchev–Trinajstić information content (AvgIpc) is 2.99. The standard InChI is InChI=1S/C18H12N2O3/c21-16(12-10-19-13-6-2-1-5-11(12)13)9-15-18(22)23-17-8-4-3-7-14(17)20-15/h1-10,19,21H. The number of nitrogens with one attached hydrogen (secondary N) is 1. The fraction of sp³-hybridized carbons (Fsp3) is 0. The molecule has 0 amide bonds. The molecule has 0 spiro atoms. The quantitative estimate of drug-likeness (QED) is 0.553. The Bertz CT molecular complexity index is 1110. The molecule has 0 unspecified atom stereocenters. The van der Waals surface area contributed by atoms with Crippen molar-refractivity contribution in [2.45, 2.75) is 0 Å². The highest BCUT2D eigenvalue weighted by molar-refractivity contribution is 5.94. The number of rotatable bonds is 2. The van der Waals surface area contributed by atoms with Crippen molar-refractivity contribution in [3.63, 3.8) is 0 Å². The maximum absolute atomic E-state index is 12.0. The van der Waals surface area contributed by atoms with E-state index in [2.05, 4.69) is 9.97 Å². The fourth-order valence-corrected chi connectivity index (χ4v) is 2.55. The van der Waals surface area contributed by atoms with Crippen molar-refractivity contribution in [1.82, 2.24) is 9.97 Å². The minimum atomic E-state index is -0.588. The summed E-state index contributed by atoms with van der Waals surface area (Å²) in [5.74, 6) is -0.0440. The molecule has 2 aromatic heterocycles. The van der Waals surface area contributed by atoms with Crippen LogP contribution in [-0.2, 0) is 0 Å². The van der Waals surface area contributed by atoms with Gasteiger partial charge in [0.2, 0.25) is 0 Å². The van der Waals surface area contributed by atoms with Crippen molar-refractivity contribution in [2.24, 2.45) is 0 Å². The first kappa shape index (κ1) is 13.3. The van der Waals surface area contributed by atoms with Gasteiger partial charge < -0.3 is 14.5 Å². The lowest BCUT2D eigenvalue weighted by molar-refractivity contribution is 0.514. The minimum Gasteiger partial charge on any atom is -0.507 e. The predicted octanol–water partition coefficient (Wildman–Crippen LogP) is 3.73. The van der Waals surface area contributed by atoms with Gasteiger partial charge in [-0.1, -0.05) is 30.3 Å². The lowest BCUT2D eigenvalue weighted by Crippen LogP contribution is -2.06. The van der Waals surface area contributed by atoms with E-state index in [-0.39, 0.29) is 11.5 Å². The summed E-state index contributed by atoms with van der Waals surface area (Å²) in [6, 6.07) is 14.6. The number of aromatic amines is 1. The van der Waals surface area contributed by atoms with Crippen LogP contribution in [0.3, 0.4) is 0 Å². The Morgan fingerprint density at radius 1 is 1.13 bits per heavy atom. The number of para-hydroxylation sites is 3. The molecule has 2 heterocycles. The van der Waals surface area contributed by atoms with Gasteiger partial charge in [0.15, 0.2) is 11.3 Å². The summed E-state index contributed by atoms with van der Waals surface area (Å²) in [7, 11) is 0. The van der Waals surface area contributed by atoms with E-state index >= 15 is 0 Å². The zero-order valence-corrected chi connectivity index (χ0v) is 12.0. The zero-order chi connectivity index (χ0) is 15.8. The third-order valence-electron chi connectivity index (χ3n) is 3.66. The molecule has 2 N–H and O–H groups in total. The van der Waals surface area contributed by atoms with Crippen molar-refractivity contribution in [1.29, 1.82) is 0 Å². The number of aromatic nitrogens is 2. The van der Waals surface area contributed by atoms with E-state index in [0.717, 1.165) is 10.9 Å². The Balaban J connectivity index is 1.86. The van der Waals surface area contributed by atoms with Gasteiger partial charge in [0.25, 0.3) is 0 Å². The minimum absolute atomic E-state index is 0.0440. The molecule has 0 aliphatic carbocycles. The van der Waals surface area contributed by atoms with Gasteiger partial charge in [0, 0.05) is 28.7 Å². The molecular formula is C18H12N2O3. The second-order valence-corrected chi connectivity index (χ2v) is 5.13. The Morgan fingerprint density at radius 2 is 1.91 bits per heavy atom. The van der Waals surface area contributed by atoms with E-state index < -0.39 is 5.63 Å². The van der Waals surface area contributed by atoms with E-state index in [1.807, 2.05) is 30.3 Å². The van der Waals surface area contributed by atoms with Crippen LogP contribution in [0, 0.1) is 0 Å².